The van der Waals surface area contributed by atoms with Crippen molar-refractivity contribution in [2.45, 2.75) is 225 Å². The van der Waals surface area contributed by atoms with Gasteiger partial charge in [0, 0.05) is 35.6 Å². The fourth-order valence-corrected chi connectivity index (χ4v) is 10.9. The predicted octanol–water partition coefficient (Wildman–Crippen LogP) is -9.06. The molecule has 0 bridgehead atoms. The van der Waals surface area contributed by atoms with Crippen molar-refractivity contribution in [2.24, 2.45) is 22.9 Å². The molecule has 7 heterocycles. The molecular formula is C47H81N3O31. The zero-order valence-electron chi connectivity index (χ0n) is 44.7. The first-order chi connectivity index (χ1) is 38.6. The Labute approximate surface area is 463 Å². The first-order valence-electron chi connectivity index (χ1n) is 26.8. The largest absolute Gasteiger partial charge is 0.394 e. The van der Waals surface area contributed by atoms with E-state index in [-0.39, 0.29) is 19.6 Å². The number of aliphatic hydroxyl groups excluding tert-OH is 17. The van der Waals surface area contributed by atoms with Crippen LogP contribution in [-0.4, -0.2) is 330 Å². The van der Waals surface area contributed by atoms with Gasteiger partial charge in [0.15, 0.2) is 44.0 Å². The summed E-state index contributed by atoms with van der Waals surface area (Å²) in [5, 5.41) is 187. The highest BCUT2D eigenvalue weighted by atomic mass is 16.8. The first kappa shape index (κ1) is 66.6. The molecule has 0 aromatic rings. The zero-order valence-corrected chi connectivity index (χ0v) is 44.7. The van der Waals surface area contributed by atoms with E-state index >= 15 is 0 Å². The third kappa shape index (κ3) is 14.6. The molecule has 7 aliphatic heterocycles. The summed E-state index contributed by atoms with van der Waals surface area (Å²) >= 11 is 0. The van der Waals surface area contributed by atoms with Crippen molar-refractivity contribution in [3.63, 3.8) is 0 Å². The summed E-state index contributed by atoms with van der Waals surface area (Å²) in [6.45, 7) is 0.605. The molecule has 34 heteroatoms. The Bertz CT molecular complexity index is 1940. The van der Waals surface area contributed by atoms with Crippen molar-refractivity contribution in [1.29, 1.82) is 0 Å². The summed E-state index contributed by atoms with van der Waals surface area (Å²) in [5.41, 5.74) is 8.74. The molecule has 7 saturated heterocycles. The van der Waals surface area contributed by atoms with E-state index in [2.05, 4.69) is 10.0 Å². The van der Waals surface area contributed by atoms with Gasteiger partial charge in [-0.15, -0.1) is 0 Å². The van der Waals surface area contributed by atoms with E-state index in [1.807, 2.05) is 0 Å². The van der Waals surface area contributed by atoms with E-state index in [1.54, 1.807) is 6.92 Å². The fraction of sp³-hybridized carbons (Fsp3) is 1.00. The van der Waals surface area contributed by atoms with Gasteiger partial charge >= 0.3 is 0 Å². The van der Waals surface area contributed by atoms with Gasteiger partial charge in [0.25, 0.3) is 0 Å². The maximum Gasteiger partial charge on any atom is 0.187 e. The number of azide groups is 1. The molecule has 34 atom stereocenters. The van der Waals surface area contributed by atoms with Crippen molar-refractivity contribution in [1.82, 2.24) is 0 Å². The fourth-order valence-electron chi connectivity index (χ4n) is 10.9. The summed E-state index contributed by atoms with van der Waals surface area (Å²) < 4.78 is 83.2. The Morgan fingerprint density at radius 1 is 0.383 bits per heavy atom. The maximum atomic E-state index is 11.9. The van der Waals surface area contributed by atoms with Gasteiger partial charge in [0.2, 0.25) is 0 Å². The van der Waals surface area contributed by atoms with Crippen LogP contribution in [0.15, 0.2) is 5.11 Å². The van der Waals surface area contributed by atoms with Gasteiger partial charge in [-0.3, -0.25) is 0 Å². The van der Waals surface area contributed by atoms with Crippen LogP contribution >= 0.6 is 0 Å². The highest BCUT2D eigenvalue weighted by Crippen LogP contribution is 2.40. The SMILES string of the molecule is CC1[C@H](O[C@@H]2C(O)[C@H](O[C@@H]3C(CO)O[C@@H](O[C@@H]4C(O)[C@H](O[C@@H]5C(CO)O[C@@H](OCCN=[N+]=[N-])C(C)[C@H]5OC5CC(O)[C@H](O)[C@H](C)O5)OC(CO)[C@@H]4O)C(C)[C@H]3O)OC(CO)[C@@H]2O)OC(CO)[C@@H](O[C@@H]2OC(CO)[C@H](O)[C@H](O)C2O)[C@@H]1O. The van der Waals surface area contributed by atoms with E-state index in [0.717, 1.165) is 0 Å². The summed E-state index contributed by atoms with van der Waals surface area (Å²) in [6, 6.07) is 0. The second-order valence-corrected chi connectivity index (χ2v) is 21.3. The highest BCUT2D eigenvalue weighted by molar-refractivity contribution is 5.00. The van der Waals surface area contributed by atoms with Crippen LogP contribution < -0.4 is 0 Å². The lowest BCUT2D eigenvalue weighted by Gasteiger charge is -2.51. The van der Waals surface area contributed by atoms with Crippen molar-refractivity contribution < 1.29 is 153 Å². The molecule has 0 aromatic heterocycles. The van der Waals surface area contributed by atoms with E-state index < -0.39 is 248 Å². The second-order valence-electron chi connectivity index (χ2n) is 21.3. The van der Waals surface area contributed by atoms with E-state index in [1.165, 1.54) is 20.8 Å². The molecule has 0 amide bonds. The van der Waals surface area contributed by atoms with Gasteiger partial charge in [0.1, 0.15) is 116 Å². The predicted molar refractivity (Wildman–Crippen MR) is 256 cm³/mol. The molecule has 7 rings (SSSR count). The lowest BCUT2D eigenvalue weighted by Crippen LogP contribution is -2.67. The van der Waals surface area contributed by atoms with E-state index in [4.69, 9.17) is 71.8 Å². The smallest absolute Gasteiger partial charge is 0.187 e. The average molecular weight is 1180 g/mol. The van der Waals surface area contributed by atoms with Crippen molar-refractivity contribution in [2.75, 3.05) is 52.8 Å². The van der Waals surface area contributed by atoms with Gasteiger partial charge in [-0.1, -0.05) is 25.9 Å². The van der Waals surface area contributed by atoms with Crippen LogP contribution in [0.2, 0.25) is 0 Å². The molecular weight excluding hydrogens is 1100 g/mol. The normalized spacial score (nSPS) is 50.9. The maximum absolute atomic E-state index is 11.9. The van der Waals surface area contributed by atoms with Crippen molar-refractivity contribution in [3.8, 4) is 0 Å². The zero-order chi connectivity index (χ0) is 59.3. The van der Waals surface area contributed by atoms with Gasteiger partial charge in [0.05, 0.1) is 76.8 Å². The molecule has 14 unspecified atom stereocenters. The van der Waals surface area contributed by atoms with Crippen LogP contribution in [0, 0.1) is 17.8 Å². The molecule has 470 valence electrons. The van der Waals surface area contributed by atoms with Gasteiger partial charge in [-0.25, -0.2) is 0 Å². The lowest BCUT2D eigenvalue weighted by molar-refractivity contribution is -0.394. The first-order valence-corrected chi connectivity index (χ1v) is 26.8. The molecule has 0 radical (unpaired) electrons. The number of aliphatic hydroxyl groups is 17. The van der Waals surface area contributed by atoms with Crippen LogP contribution in [0.4, 0.5) is 0 Å². The Morgan fingerprint density at radius 2 is 0.778 bits per heavy atom. The Balaban J connectivity index is 1.03. The minimum absolute atomic E-state index is 0.0858. The topological polar surface area (TPSA) is 522 Å². The van der Waals surface area contributed by atoms with Gasteiger partial charge in [-0.05, 0) is 12.5 Å². The second kappa shape index (κ2) is 29.6. The quantitative estimate of drug-likeness (QED) is 0.0207. The Kier molecular flexibility index (Phi) is 24.4. The van der Waals surface area contributed by atoms with Crippen LogP contribution in [0.1, 0.15) is 34.1 Å². The third-order valence-electron chi connectivity index (χ3n) is 15.9. The van der Waals surface area contributed by atoms with Crippen LogP contribution in [0.25, 0.3) is 10.4 Å². The van der Waals surface area contributed by atoms with Crippen LogP contribution in [0.3, 0.4) is 0 Å². The van der Waals surface area contributed by atoms with Crippen molar-refractivity contribution in [3.05, 3.63) is 10.4 Å². The lowest BCUT2D eigenvalue weighted by atomic mass is 9.90. The third-order valence-corrected chi connectivity index (χ3v) is 15.9. The van der Waals surface area contributed by atoms with Crippen LogP contribution in [-0.2, 0) is 66.3 Å². The molecule has 34 nitrogen and oxygen atoms in total. The summed E-state index contributed by atoms with van der Waals surface area (Å²) in [6.07, 6.45) is -49.2. The minimum atomic E-state index is -2.02. The molecule has 7 aliphatic rings. The van der Waals surface area contributed by atoms with Gasteiger partial charge < -0.3 is 153 Å². The Hall–Kier alpha value is -1.93. The Morgan fingerprint density at radius 3 is 1.22 bits per heavy atom. The standard InChI is InChI=1S/C47H81N3O31/c1-14-26(58)37(77-45-33(65)32(64)29(61)19(8-51)70-45)22(11-54)74-43(14)80-40-30(62)20(9-52)71-46(34(40)66)78-38-23(12-55)75-44(15(2)27(38)59)81-41-31(63)21(10-53)72-47(35(41)67)79-39-24(13-56)73-42(68-6-5-49-50-48)16(3)36(39)76-25-7-18(57)28(60)17(4)69-25/h14-47,51-67H,5-13H2,1-4H3/t14?,15?,16?,17-,18?,19?,20?,21?,22?,23?,24?,25?,26+,27+,28+,29-,30-,31-,32-,33?,34?,35?,36+,37+,38+,39+,40-,41-,42+,43-,44-,45-,46-,47-/m0/s1. The van der Waals surface area contributed by atoms with Crippen molar-refractivity contribution >= 4 is 0 Å². The minimum Gasteiger partial charge on any atom is -0.394 e. The number of nitrogens with zero attached hydrogens (tertiary/aromatic N) is 3. The van der Waals surface area contributed by atoms with Crippen LogP contribution in [0.5, 0.6) is 0 Å². The average Bonchev–Trinajstić information content (AvgIpc) is 3.52. The molecule has 81 heavy (non-hydrogen) atoms. The summed E-state index contributed by atoms with van der Waals surface area (Å²) in [5.74, 6) is -3.17. The molecule has 7 fully saturated rings. The number of hydrogen-bond acceptors (Lipinski definition) is 32. The van der Waals surface area contributed by atoms with E-state index in [9.17, 15) is 86.8 Å². The monoisotopic (exact) mass is 1180 g/mol. The molecule has 0 aliphatic carbocycles. The number of rotatable bonds is 22. The number of ether oxygens (including phenoxy) is 14. The molecule has 17 N–H and O–H groups in total. The molecule has 0 saturated carbocycles. The summed E-state index contributed by atoms with van der Waals surface area (Å²) in [7, 11) is 0. The number of hydrogen-bond donors (Lipinski definition) is 17. The molecule has 0 spiro atoms. The summed E-state index contributed by atoms with van der Waals surface area (Å²) in [4.78, 5) is 2.69. The van der Waals surface area contributed by atoms with E-state index in [0.29, 0.717) is 0 Å². The highest BCUT2D eigenvalue weighted by Gasteiger charge is 2.58. The van der Waals surface area contributed by atoms with Gasteiger partial charge in [-0.2, -0.15) is 0 Å². The molecule has 0 aromatic carbocycles.